The average molecular weight is 211 g/mol. The Bertz CT molecular complexity index is 394. The van der Waals surface area contributed by atoms with Crippen molar-refractivity contribution in [2.45, 2.75) is 6.04 Å². The van der Waals surface area contributed by atoms with Gasteiger partial charge in [-0.2, -0.15) is 0 Å². The maximum Gasteiger partial charge on any atom is 0.102 e. The molecular formula is C6H9N7S. The molecule has 0 spiro atoms. The molecule has 1 unspecified atom stereocenters. The van der Waals surface area contributed by atoms with Gasteiger partial charge in [-0.25, -0.2) is 5.43 Å². The third kappa shape index (κ3) is 1.50. The van der Waals surface area contributed by atoms with E-state index in [-0.39, 0.29) is 6.04 Å². The molecule has 2 aromatic heterocycles. The zero-order chi connectivity index (χ0) is 9.97. The summed E-state index contributed by atoms with van der Waals surface area (Å²) in [6, 6.07) is -0.157. The Morgan fingerprint density at radius 3 is 2.86 bits per heavy atom. The van der Waals surface area contributed by atoms with Crippen LogP contribution in [-0.4, -0.2) is 24.6 Å². The number of rotatable bonds is 3. The normalized spacial score (nSPS) is 13.0. The first-order valence-electron chi connectivity index (χ1n) is 3.91. The lowest BCUT2D eigenvalue weighted by atomic mass is 10.2. The second-order valence-electron chi connectivity index (χ2n) is 2.70. The van der Waals surface area contributed by atoms with Crippen LogP contribution in [-0.2, 0) is 7.05 Å². The number of aromatic nitrogens is 5. The van der Waals surface area contributed by atoms with Gasteiger partial charge in [0.05, 0.1) is 23.0 Å². The SMILES string of the molecule is Cn1nncc1C(NN)c1cnns1. The summed E-state index contributed by atoms with van der Waals surface area (Å²) >= 11 is 1.29. The number of hydrogen-bond acceptors (Lipinski definition) is 7. The summed E-state index contributed by atoms with van der Waals surface area (Å²) in [7, 11) is 1.81. The van der Waals surface area contributed by atoms with E-state index in [1.165, 1.54) is 11.5 Å². The molecule has 74 valence electrons. The van der Waals surface area contributed by atoms with Crippen LogP contribution in [0.15, 0.2) is 12.4 Å². The molecule has 1 atom stereocenters. The van der Waals surface area contributed by atoms with Crippen molar-refractivity contribution < 1.29 is 0 Å². The molecular weight excluding hydrogens is 202 g/mol. The van der Waals surface area contributed by atoms with Crippen molar-refractivity contribution in [3.05, 3.63) is 23.0 Å². The molecule has 0 aromatic carbocycles. The van der Waals surface area contributed by atoms with E-state index in [2.05, 4.69) is 25.3 Å². The van der Waals surface area contributed by atoms with E-state index in [4.69, 9.17) is 5.84 Å². The number of hydrogen-bond donors (Lipinski definition) is 2. The van der Waals surface area contributed by atoms with E-state index < -0.39 is 0 Å². The Labute approximate surface area is 84.1 Å². The van der Waals surface area contributed by atoms with Crippen LogP contribution in [0.1, 0.15) is 16.6 Å². The molecule has 2 rings (SSSR count). The first kappa shape index (κ1) is 9.19. The molecule has 0 radical (unpaired) electrons. The van der Waals surface area contributed by atoms with Gasteiger partial charge in [-0.15, -0.1) is 10.2 Å². The van der Waals surface area contributed by atoms with Crippen LogP contribution in [0, 0.1) is 0 Å². The van der Waals surface area contributed by atoms with E-state index in [9.17, 15) is 0 Å². The molecule has 0 aliphatic heterocycles. The Morgan fingerprint density at radius 2 is 2.36 bits per heavy atom. The van der Waals surface area contributed by atoms with Crippen molar-refractivity contribution in [2.24, 2.45) is 12.9 Å². The van der Waals surface area contributed by atoms with Crippen LogP contribution in [0.2, 0.25) is 0 Å². The van der Waals surface area contributed by atoms with Gasteiger partial charge in [0.15, 0.2) is 0 Å². The average Bonchev–Trinajstić information content (AvgIpc) is 2.80. The molecule has 0 aliphatic carbocycles. The number of nitrogens with two attached hydrogens (primary N) is 1. The quantitative estimate of drug-likeness (QED) is 0.511. The fraction of sp³-hybridized carbons (Fsp3) is 0.333. The van der Waals surface area contributed by atoms with Crippen LogP contribution in [0.3, 0.4) is 0 Å². The molecule has 7 nitrogen and oxygen atoms in total. The summed E-state index contributed by atoms with van der Waals surface area (Å²) in [5.74, 6) is 5.46. The minimum Gasteiger partial charge on any atom is -0.270 e. The van der Waals surface area contributed by atoms with Gasteiger partial charge >= 0.3 is 0 Å². The smallest absolute Gasteiger partial charge is 0.102 e. The van der Waals surface area contributed by atoms with E-state index in [1.807, 2.05) is 0 Å². The van der Waals surface area contributed by atoms with E-state index in [0.717, 1.165) is 10.6 Å². The second-order valence-corrected chi connectivity index (χ2v) is 3.52. The second kappa shape index (κ2) is 3.78. The van der Waals surface area contributed by atoms with Gasteiger partial charge in [0, 0.05) is 7.05 Å². The van der Waals surface area contributed by atoms with Gasteiger partial charge in [0.25, 0.3) is 0 Å². The third-order valence-electron chi connectivity index (χ3n) is 1.87. The van der Waals surface area contributed by atoms with Crippen LogP contribution in [0.25, 0.3) is 0 Å². The lowest BCUT2D eigenvalue weighted by Crippen LogP contribution is -2.29. The molecule has 0 saturated carbocycles. The fourth-order valence-electron chi connectivity index (χ4n) is 1.17. The molecule has 14 heavy (non-hydrogen) atoms. The highest BCUT2D eigenvalue weighted by atomic mass is 32.1. The van der Waals surface area contributed by atoms with Gasteiger partial charge in [0.2, 0.25) is 0 Å². The van der Waals surface area contributed by atoms with Gasteiger partial charge in [-0.05, 0) is 11.5 Å². The topological polar surface area (TPSA) is 94.5 Å². The standard InChI is InChI=1S/C6H9N7S/c1-13-4(2-8-11-13)6(10-7)5-3-9-12-14-5/h2-3,6,10H,7H2,1H3. The van der Waals surface area contributed by atoms with Crippen molar-refractivity contribution in [1.29, 1.82) is 0 Å². The maximum atomic E-state index is 5.46. The lowest BCUT2D eigenvalue weighted by molar-refractivity contribution is 0.576. The summed E-state index contributed by atoms with van der Waals surface area (Å²) in [5, 5.41) is 11.4. The Morgan fingerprint density at radius 1 is 1.50 bits per heavy atom. The van der Waals surface area contributed by atoms with Gasteiger partial charge in [-0.3, -0.25) is 10.5 Å². The minimum absolute atomic E-state index is 0.157. The molecule has 8 heteroatoms. The molecule has 0 amide bonds. The van der Waals surface area contributed by atoms with Crippen molar-refractivity contribution in [2.75, 3.05) is 0 Å². The highest BCUT2D eigenvalue weighted by Crippen LogP contribution is 2.21. The highest BCUT2D eigenvalue weighted by molar-refractivity contribution is 7.05. The molecule has 0 aliphatic rings. The summed E-state index contributed by atoms with van der Waals surface area (Å²) in [4.78, 5) is 0.929. The summed E-state index contributed by atoms with van der Waals surface area (Å²) in [5.41, 5.74) is 3.55. The zero-order valence-electron chi connectivity index (χ0n) is 7.45. The van der Waals surface area contributed by atoms with E-state index in [0.29, 0.717) is 0 Å². The maximum absolute atomic E-state index is 5.46. The minimum atomic E-state index is -0.157. The number of nitrogens with one attached hydrogen (secondary N) is 1. The first-order chi connectivity index (χ1) is 6.83. The van der Waals surface area contributed by atoms with Crippen LogP contribution in [0.4, 0.5) is 0 Å². The monoisotopic (exact) mass is 211 g/mol. The first-order valence-corrected chi connectivity index (χ1v) is 4.68. The van der Waals surface area contributed by atoms with Crippen molar-refractivity contribution in [1.82, 2.24) is 30.0 Å². The van der Waals surface area contributed by atoms with Crippen LogP contribution < -0.4 is 11.3 Å². The molecule has 3 N–H and O–H groups in total. The van der Waals surface area contributed by atoms with E-state index in [1.54, 1.807) is 24.1 Å². The van der Waals surface area contributed by atoms with Gasteiger partial charge in [0.1, 0.15) is 6.04 Å². The summed E-state index contributed by atoms with van der Waals surface area (Å²) < 4.78 is 5.43. The predicted molar refractivity (Wildman–Crippen MR) is 50.1 cm³/mol. The Balaban J connectivity index is 2.36. The summed E-state index contributed by atoms with van der Waals surface area (Å²) in [6.07, 6.45) is 3.33. The molecule has 0 saturated heterocycles. The van der Waals surface area contributed by atoms with Crippen LogP contribution >= 0.6 is 11.5 Å². The number of nitrogens with zero attached hydrogens (tertiary/aromatic N) is 5. The van der Waals surface area contributed by atoms with Gasteiger partial charge < -0.3 is 0 Å². The third-order valence-corrected chi connectivity index (χ3v) is 2.60. The number of hydrazine groups is 1. The van der Waals surface area contributed by atoms with Crippen molar-refractivity contribution in [3.8, 4) is 0 Å². The Hall–Kier alpha value is -1.38. The molecule has 2 aromatic rings. The van der Waals surface area contributed by atoms with Crippen molar-refractivity contribution in [3.63, 3.8) is 0 Å². The number of aryl methyl sites for hydroxylation is 1. The lowest BCUT2D eigenvalue weighted by Gasteiger charge is -2.11. The van der Waals surface area contributed by atoms with Crippen molar-refractivity contribution >= 4 is 11.5 Å². The zero-order valence-corrected chi connectivity index (χ0v) is 8.27. The molecule has 0 fully saturated rings. The fourth-order valence-corrected chi connectivity index (χ4v) is 1.75. The van der Waals surface area contributed by atoms with Crippen LogP contribution in [0.5, 0.6) is 0 Å². The molecule has 0 bridgehead atoms. The highest BCUT2D eigenvalue weighted by Gasteiger charge is 2.18. The summed E-state index contributed by atoms with van der Waals surface area (Å²) in [6.45, 7) is 0. The largest absolute Gasteiger partial charge is 0.270 e. The molecule has 2 heterocycles. The van der Waals surface area contributed by atoms with Gasteiger partial charge in [-0.1, -0.05) is 9.70 Å². The predicted octanol–water partition coefficient (Wildman–Crippen LogP) is -0.781. The Kier molecular flexibility index (Phi) is 2.48. The van der Waals surface area contributed by atoms with E-state index >= 15 is 0 Å².